The zero-order chi connectivity index (χ0) is 13.5. The van der Waals surface area contributed by atoms with Gasteiger partial charge in [-0.3, -0.25) is 9.59 Å². The summed E-state index contributed by atoms with van der Waals surface area (Å²) in [5.41, 5.74) is 0.677. The first-order valence-corrected chi connectivity index (χ1v) is 6.04. The molecule has 4 nitrogen and oxygen atoms in total. The van der Waals surface area contributed by atoms with Gasteiger partial charge in [-0.2, -0.15) is 0 Å². The Morgan fingerprint density at radius 2 is 2.22 bits per heavy atom. The summed E-state index contributed by atoms with van der Waals surface area (Å²) in [5, 5.41) is 0.439. The molecule has 0 spiro atoms. The minimum absolute atomic E-state index is 0.187. The zero-order valence-corrected chi connectivity index (χ0v) is 11.2. The fraction of sp³-hybridized carbons (Fsp3) is 0.385. The zero-order valence-electron chi connectivity index (χ0n) is 10.5. The van der Waals surface area contributed by atoms with Crippen molar-refractivity contribution in [2.45, 2.75) is 6.92 Å². The molecule has 0 aliphatic carbocycles. The van der Waals surface area contributed by atoms with Crippen LogP contribution < -0.4 is 0 Å². The van der Waals surface area contributed by atoms with Gasteiger partial charge in [0.15, 0.2) is 6.29 Å². The molecule has 0 aliphatic heterocycles. The van der Waals surface area contributed by atoms with Gasteiger partial charge in [0.25, 0.3) is 5.91 Å². The molecule has 0 radical (unpaired) electrons. The monoisotopic (exact) mass is 269 g/mol. The highest BCUT2D eigenvalue weighted by Gasteiger charge is 2.17. The van der Waals surface area contributed by atoms with Gasteiger partial charge in [0.1, 0.15) is 0 Å². The maximum absolute atomic E-state index is 12.2. The highest BCUT2D eigenvalue weighted by atomic mass is 35.5. The summed E-state index contributed by atoms with van der Waals surface area (Å²) < 4.78 is 4.95. The number of carbonyl (C=O) groups is 2. The molecule has 0 saturated heterocycles. The molecule has 0 bridgehead atoms. The van der Waals surface area contributed by atoms with Crippen LogP contribution in [0.4, 0.5) is 0 Å². The van der Waals surface area contributed by atoms with E-state index in [2.05, 4.69) is 0 Å². The molecule has 0 fully saturated rings. The number of rotatable bonds is 6. The second kappa shape index (κ2) is 7.13. The highest BCUT2D eigenvalue weighted by Crippen LogP contribution is 2.16. The fourth-order valence-electron chi connectivity index (χ4n) is 1.60. The number of likely N-dealkylation sites (N-methyl/N-ethyl adjacent to an activating group) is 1. The normalized spacial score (nSPS) is 10.2. The number of benzene rings is 1. The molecule has 5 heteroatoms. The van der Waals surface area contributed by atoms with Crippen LogP contribution in [0.2, 0.25) is 5.02 Å². The number of amides is 1. The molecule has 1 amide bonds. The Morgan fingerprint density at radius 1 is 1.50 bits per heavy atom. The second-order valence-corrected chi connectivity index (χ2v) is 4.16. The van der Waals surface area contributed by atoms with E-state index in [1.807, 2.05) is 6.92 Å². The van der Waals surface area contributed by atoms with Gasteiger partial charge in [-0.05, 0) is 25.1 Å². The van der Waals surface area contributed by atoms with Gasteiger partial charge in [0, 0.05) is 30.8 Å². The number of carbonyl (C=O) groups excluding carboxylic acids is 2. The van der Waals surface area contributed by atoms with E-state index in [9.17, 15) is 9.59 Å². The standard InChI is InChI=1S/C13H16ClNO3/c1-3-15(6-7-18-2)13(17)12-5-4-11(14)8-10(12)9-16/h4-5,8-9H,3,6-7H2,1-2H3. The van der Waals surface area contributed by atoms with Gasteiger partial charge in [0.05, 0.1) is 12.2 Å². The molecule has 0 aromatic heterocycles. The van der Waals surface area contributed by atoms with Crippen LogP contribution in [0, 0.1) is 0 Å². The number of aldehydes is 1. The largest absolute Gasteiger partial charge is 0.383 e. The van der Waals surface area contributed by atoms with E-state index in [0.29, 0.717) is 42.1 Å². The number of halogens is 1. The Morgan fingerprint density at radius 3 is 2.78 bits per heavy atom. The average molecular weight is 270 g/mol. The van der Waals surface area contributed by atoms with Gasteiger partial charge in [-0.25, -0.2) is 0 Å². The van der Waals surface area contributed by atoms with Gasteiger partial charge in [0.2, 0.25) is 0 Å². The van der Waals surface area contributed by atoms with E-state index >= 15 is 0 Å². The molecular weight excluding hydrogens is 254 g/mol. The van der Waals surface area contributed by atoms with Crippen molar-refractivity contribution in [1.82, 2.24) is 4.90 Å². The van der Waals surface area contributed by atoms with E-state index in [0.717, 1.165) is 0 Å². The van der Waals surface area contributed by atoms with E-state index in [4.69, 9.17) is 16.3 Å². The van der Waals surface area contributed by atoms with Crippen molar-refractivity contribution < 1.29 is 14.3 Å². The predicted molar refractivity (Wildman–Crippen MR) is 70.3 cm³/mol. The lowest BCUT2D eigenvalue weighted by Crippen LogP contribution is -2.34. The van der Waals surface area contributed by atoms with Crippen molar-refractivity contribution in [1.29, 1.82) is 0 Å². The predicted octanol–water partition coefficient (Wildman–Crippen LogP) is 2.26. The van der Waals surface area contributed by atoms with Crippen molar-refractivity contribution >= 4 is 23.8 Å². The smallest absolute Gasteiger partial charge is 0.254 e. The molecular formula is C13H16ClNO3. The molecule has 0 unspecified atom stereocenters. The number of nitrogens with zero attached hydrogens (tertiary/aromatic N) is 1. The molecule has 0 N–H and O–H groups in total. The summed E-state index contributed by atoms with van der Waals surface area (Å²) in [5.74, 6) is -0.187. The van der Waals surface area contributed by atoms with E-state index < -0.39 is 0 Å². The summed E-state index contributed by atoms with van der Waals surface area (Å²) >= 11 is 5.79. The van der Waals surface area contributed by atoms with Gasteiger partial charge >= 0.3 is 0 Å². The van der Waals surface area contributed by atoms with Crippen LogP contribution in [-0.4, -0.2) is 43.9 Å². The van der Waals surface area contributed by atoms with Crippen LogP contribution in [-0.2, 0) is 4.74 Å². The summed E-state index contributed by atoms with van der Waals surface area (Å²) in [6, 6.07) is 4.67. The summed E-state index contributed by atoms with van der Waals surface area (Å²) in [4.78, 5) is 24.8. The molecule has 0 saturated carbocycles. The molecule has 1 rings (SSSR count). The van der Waals surface area contributed by atoms with E-state index in [1.165, 1.54) is 6.07 Å². The number of hydrogen-bond donors (Lipinski definition) is 0. The quantitative estimate of drug-likeness (QED) is 0.744. The number of ether oxygens (including phenoxy) is 1. The maximum atomic E-state index is 12.2. The van der Waals surface area contributed by atoms with Crippen LogP contribution >= 0.6 is 11.6 Å². The van der Waals surface area contributed by atoms with Crippen LogP contribution in [0.25, 0.3) is 0 Å². The number of hydrogen-bond acceptors (Lipinski definition) is 3. The van der Waals surface area contributed by atoms with Crippen LogP contribution in [0.15, 0.2) is 18.2 Å². The molecule has 98 valence electrons. The van der Waals surface area contributed by atoms with Crippen molar-refractivity contribution in [3.63, 3.8) is 0 Å². The van der Waals surface area contributed by atoms with E-state index in [-0.39, 0.29) is 5.91 Å². The lowest BCUT2D eigenvalue weighted by Gasteiger charge is -2.21. The van der Waals surface area contributed by atoms with Gasteiger partial charge < -0.3 is 9.64 Å². The molecule has 1 aromatic carbocycles. The number of methoxy groups -OCH3 is 1. The Bertz CT molecular complexity index is 434. The topological polar surface area (TPSA) is 46.6 Å². The lowest BCUT2D eigenvalue weighted by atomic mass is 10.1. The summed E-state index contributed by atoms with van der Waals surface area (Å²) in [7, 11) is 1.58. The molecule has 0 heterocycles. The van der Waals surface area contributed by atoms with Crippen molar-refractivity contribution in [2.75, 3.05) is 26.8 Å². The first-order chi connectivity index (χ1) is 8.63. The lowest BCUT2D eigenvalue weighted by molar-refractivity contribution is 0.0704. The first kappa shape index (κ1) is 14.7. The maximum Gasteiger partial charge on any atom is 0.254 e. The summed E-state index contributed by atoms with van der Waals surface area (Å²) in [6.07, 6.45) is 0.642. The van der Waals surface area contributed by atoms with Crippen LogP contribution in [0.3, 0.4) is 0 Å². The van der Waals surface area contributed by atoms with Crippen molar-refractivity contribution in [3.05, 3.63) is 34.3 Å². The molecule has 18 heavy (non-hydrogen) atoms. The van der Waals surface area contributed by atoms with Crippen molar-refractivity contribution in [3.8, 4) is 0 Å². The minimum atomic E-state index is -0.187. The third-order valence-electron chi connectivity index (χ3n) is 2.61. The molecule has 0 atom stereocenters. The first-order valence-electron chi connectivity index (χ1n) is 5.67. The third kappa shape index (κ3) is 3.55. The Labute approximate surface area is 111 Å². The van der Waals surface area contributed by atoms with Crippen LogP contribution in [0.5, 0.6) is 0 Å². The SMILES string of the molecule is CCN(CCOC)C(=O)c1ccc(Cl)cc1C=O. The molecule has 1 aromatic rings. The summed E-state index contributed by atoms with van der Waals surface area (Å²) in [6.45, 7) is 3.39. The van der Waals surface area contributed by atoms with Crippen molar-refractivity contribution in [2.24, 2.45) is 0 Å². The average Bonchev–Trinajstić information content (AvgIpc) is 2.39. The Hall–Kier alpha value is -1.39. The second-order valence-electron chi connectivity index (χ2n) is 3.73. The Kier molecular flexibility index (Phi) is 5.82. The molecule has 0 aliphatic rings. The van der Waals surface area contributed by atoms with E-state index in [1.54, 1.807) is 24.1 Å². The van der Waals surface area contributed by atoms with Gasteiger partial charge in [-0.15, -0.1) is 0 Å². The minimum Gasteiger partial charge on any atom is -0.383 e. The Balaban J connectivity index is 2.97. The van der Waals surface area contributed by atoms with Crippen LogP contribution in [0.1, 0.15) is 27.6 Å². The fourth-order valence-corrected chi connectivity index (χ4v) is 1.78. The van der Waals surface area contributed by atoms with Gasteiger partial charge in [-0.1, -0.05) is 11.6 Å². The third-order valence-corrected chi connectivity index (χ3v) is 2.84. The highest BCUT2D eigenvalue weighted by molar-refractivity contribution is 6.31.